The summed E-state index contributed by atoms with van der Waals surface area (Å²) in [5, 5.41) is 2.88. The molecule has 1 amide bonds. The Morgan fingerprint density at radius 1 is 1.21 bits per heavy atom. The maximum Gasteiger partial charge on any atom is 0.251 e. The highest BCUT2D eigenvalue weighted by molar-refractivity contribution is 6.32. The number of carbonyl (C=O) groups is 1. The van der Waals surface area contributed by atoms with Crippen molar-refractivity contribution in [1.29, 1.82) is 0 Å². The summed E-state index contributed by atoms with van der Waals surface area (Å²) in [5.41, 5.74) is 1.09. The summed E-state index contributed by atoms with van der Waals surface area (Å²) in [7, 11) is 5.52. The summed E-state index contributed by atoms with van der Waals surface area (Å²) in [4.78, 5) is 11.6. The van der Waals surface area contributed by atoms with Crippen molar-refractivity contribution in [1.82, 2.24) is 5.32 Å². The zero-order chi connectivity index (χ0) is 10.8. The molecular weight excluding hydrogens is 173 g/mol. The van der Waals surface area contributed by atoms with E-state index in [0.717, 1.165) is 0 Å². The minimum absolute atomic E-state index is 0.0718. The average Bonchev–Trinajstić information content (AvgIpc) is 2.02. The Labute approximate surface area is 86.1 Å². The van der Waals surface area contributed by atoms with Gasteiger partial charge in [-0.05, 0) is 20.8 Å². The van der Waals surface area contributed by atoms with Gasteiger partial charge in [0.15, 0.2) is 0 Å². The van der Waals surface area contributed by atoms with Crippen LogP contribution in [0.5, 0.6) is 0 Å². The van der Waals surface area contributed by atoms with Crippen LogP contribution in [0.25, 0.3) is 0 Å². The van der Waals surface area contributed by atoms with E-state index >= 15 is 0 Å². The average molecular weight is 187 g/mol. The highest BCUT2D eigenvalue weighted by Gasteiger charge is 2.14. The number of nitrogens with one attached hydrogen (secondary N) is 1. The molecule has 0 saturated heterocycles. The van der Waals surface area contributed by atoms with Crippen LogP contribution in [0.1, 0.15) is 31.1 Å². The molecule has 0 unspecified atom stereocenters. The van der Waals surface area contributed by atoms with E-state index in [0.29, 0.717) is 11.0 Å². The number of hydrogen-bond donors (Lipinski definition) is 1. The van der Waals surface area contributed by atoms with Crippen molar-refractivity contribution in [2.24, 2.45) is 0 Å². The van der Waals surface area contributed by atoms with Crippen LogP contribution in [0.3, 0.4) is 0 Å². The fraction of sp³-hybridized carbons (Fsp3) is 0.364. The Morgan fingerprint density at radius 2 is 1.71 bits per heavy atom. The predicted molar refractivity (Wildman–Crippen MR) is 59.0 cm³/mol. The Kier molecular flexibility index (Phi) is 2.99. The Morgan fingerprint density at radius 3 is 2.14 bits per heavy atom. The van der Waals surface area contributed by atoms with E-state index in [1.165, 1.54) is 0 Å². The minimum atomic E-state index is -0.210. The molecule has 0 atom stereocenters. The number of hydrogen-bond acceptors (Lipinski definition) is 1. The third-order valence-electron chi connectivity index (χ3n) is 1.66. The molecule has 0 spiro atoms. The van der Waals surface area contributed by atoms with Gasteiger partial charge >= 0.3 is 0 Å². The maximum atomic E-state index is 11.6. The molecule has 72 valence electrons. The normalized spacial score (nSPS) is 11.1. The van der Waals surface area contributed by atoms with Crippen LogP contribution in [-0.4, -0.2) is 19.3 Å². The third-order valence-corrected chi connectivity index (χ3v) is 1.66. The quantitative estimate of drug-likeness (QED) is 0.653. The number of amides is 1. The molecule has 1 aromatic rings. The summed E-state index contributed by atoms with van der Waals surface area (Å²) >= 11 is 0. The molecule has 0 aliphatic heterocycles. The van der Waals surface area contributed by atoms with Crippen LogP contribution in [0, 0.1) is 0 Å². The van der Waals surface area contributed by atoms with Gasteiger partial charge in [0.05, 0.1) is 0 Å². The van der Waals surface area contributed by atoms with Gasteiger partial charge in [-0.25, -0.2) is 0 Å². The predicted octanol–water partition coefficient (Wildman–Crippen LogP) is 1.01. The number of carbonyl (C=O) groups excluding carboxylic acids is 1. The molecule has 1 N–H and O–H groups in total. The van der Waals surface area contributed by atoms with Crippen LogP contribution in [0.15, 0.2) is 24.3 Å². The van der Waals surface area contributed by atoms with E-state index in [1.807, 2.05) is 20.8 Å². The van der Waals surface area contributed by atoms with Gasteiger partial charge in [0.2, 0.25) is 0 Å². The molecule has 0 aliphatic rings. The molecule has 2 nitrogen and oxygen atoms in total. The number of rotatable bonds is 1. The second-order valence-corrected chi connectivity index (χ2v) is 4.33. The second kappa shape index (κ2) is 3.87. The summed E-state index contributed by atoms with van der Waals surface area (Å²) < 4.78 is 0. The van der Waals surface area contributed by atoms with Crippen molar-refractivity contribution in [3.05, 3.63) is 29.8 Å². The van der Waals surface area contributed by atoms with Crippen molar-refractivity contribution >= 4 is 19.2 Å². The van der Waals surface area contributed by atoms with E-state index in [1.54, 1.807) is 24.3 Å². The minimum Gasteiger partial charge on any atom is -0.347 e. The van der Waals surface area contributed by atoms with Gasteiger partial charge in [-0.1, -0.05) is 29.7 Å². The van der Waals surface area contributed by atoms with Gasteiger partial charge in [-0.15, -0.1) is 0 Å². The topological polar surface area (TPSA) is 29.1 Å². The zero-order valence-electron chi connectivity index (χ0n) is 8.79. The largest absolute Gasteiger partial charge is 0.347 e. The van der Waals surface area contributed by atoms with Crippen molar-refractivity contribution in [3.8, 4) is 0 Å². The van der Waals surface area contributed by atoms with Crippen molar-refractivity contribution < 1.29 is 4.79 Å². The molecule has 0 heterocycles. The molecule has 14 heavy (non-hydrogen) atoms. The van der Waals surface area contributed by atoms with Crippen LogP contribution in [-0.2, 0) is 0 Å². The molecule has 0 aromatic heterocycles. The van der Waals surface area contributed by atoms with E-state index < -0.39 is 0 Å². The van der Waals surface area contributed by atoms with E-state index in [4.69, 9.17) is 7.85 Å². The van der Waals surface area contributed by atoms with Gasteiger partial charge in [0, 0.05) is 11.1 Å². The summed E-state index contributed by atoms with van der Waals surface area (Å²) in [6, 6.07) is 6.88. The lowest BCUT2D eigenvalue weighted by atomic mass is 9.95. The second-order valence-electron chi connectivity index (χ2n) is 4.33. The summed E-state index contributed by atoms with van der Waals surface area (Å²) in [5.74, 6) is -0.0718. The smallest absolute Gasteiger partial charge is 0.251 e. The van der Waals surface area contributed by atoms with E-state index in [9.17, 15) is 4.79 Å². The molecule has 0 saturated carbocycles. The van der Waals surface area contributed by atoms with Crippen molar-refractivity contribution in [2.75, 3.05) is 0 Å². The lowest BCUT2D eigenvalue weighted by molar-refractivity contribution is 0.0919. The van der Waals surface area contributed by atoms with E-state index in [-0.39, 0.29) is 11.4 Å². The molecule has 0 bridgehead atoms. The molecule has 1 rings (SSSR count). The summed E-state index contributed by atoms with van der Waals surface area (Å²) in [6.07, 6.45) is 0. The van der Waals surface area contributed by atoms with Gasteiger partial charge < -0.3 is 5.32 Å². The van der Waals surface area contributed by atoms with Crippen LogP contribution in [0.2, 0.25) is 0 Å². The first kappa shape index (κ1) is 10.8. The number of benzene rings is 1. The van der Waals surface area contributed by atoms with Gasteiger partial charge in [0.1, 0.15) is 7.85 Å². The Hall–Kier alpha value is -1.25. The van der Waals surface area contributed by atoms with Crippen molar-refractivity contribution in [2.45, 2.75) is 26.3 Å². The summed E-state index contributed by atoms with van der Waals surface area (Å²) in [6.45, 7) is 5.84. The Bertz CT molecular complexity index is 324. The fourth-order valence-corrected chi connectivity index (χ4v) is 1.05. The monoisotopic (exact) mass is 187 g/mol. The van der Waals surface area contributed by atoms with Crippen LogP contribution in [0.4, 0.5) is 0 Å². The zero-order valence-corrected chi connectivity index (χ0v) is 8.79. The van der Waals surface area contributed by atoms with Gasteiger partial charge in [0.25, 0.3) is 5.91 Å². The first-order valence-electron chi connectivity index (χ1n) is 4.56. The lowest BCUT2D eigenvalue weighted by Gasteiger charge is -2.20. The SMILES string of the molecule is [B]c1ccc(C(=O)NC(C)(C)C)cc1. The standard InChI is InChI=1S/C11H14BNO/c1-11(2,3)13-10(14)8-4-6-9(12)7-5-8/h4-7H,1-3H3,(H,13,14). The highest BCUT2D eigenvalue weighted by atomic mass is 16.1. The van der Waals surface area contributed by atoms with Crippen molar-refractivity contribution in [3.63, 3.8) is 0 Å². The highest BCUT2D eigenvalue weighted by Crippen LogP contribution is 2.03. The molecule has 1 aromatic carbocycles. The molecule has 2 radical (unpaired) electrons. The first-order valence-corrected chi connectivity index (χ1v) is 4.56. The van der Waals surface area contributed by atoms with Crippen LogP contribution < -0.4 is 10.8 Å². The maximum absolute atomic E-state index is 11.6. The first-order chi connectivity index (χ1) is 6.38. The van der Waals surface area contributed by atoms with Crippen LogP contribution >= 0.6 is 0 Å². The molecule has 3 heteroatoms. The van der Waals surface area contributed by atoms with E-state index in [2.05, 4.69) is 5.32 Å². The fourth-order valence-electron chi connectivity index (χ4n) is 1.05. The molecule has 0 aliphatic carbocycles. The molecular formula is C11H14BNO. The van der Waals surface area contributed by atoms with Gasteiger partial charge in [-0.2, -0.15) is 0 Å². The third kappa shape index (κ3) is 3.25. The lowest BCUT2D eigenvalue weighted by Crippen LogP contribution is -2.40. The molecule has 0 fully saturated rings. The van der Waals surface area contributed by atoms with Gasteiger partial charge in [-0.3, -0.25) is 4.79 Å². The Balaban J connectivity index is 2.76.